The number of aliphatic hydroxyl groups is 5. The molecule has 0 amide bonds. The van der Waals surface area contributed by atoms with Crippen LogP contribution < -0.4 is 11.1 Å². The molecule has 1 saturated carbocycles. The minimum Gasteiger partial charge on any atom is -0.397 e. The molecule has 2 fully saturated rings. The van der Waals surface area contributed by atoms with Gasteiger partial charge in [-0.2, -0.15) is 9.49 Å². The quantitative estimate of drug-likeness (QED) is 0.102. The molecule has 0 radical (unpaired) electrons. The van der Waals surface area contributed by atoms with Crippen LogP contribution in [0, 0.1) is 11.8 Å². The zero-order valence-corrected chi connectivity index (χ0v) is 26.8. The van der Waals surface area contributed by atoms with Crippen molar-refractivity contribution < 1.29 is 43.8 Å². The number of aliphatic hydroxyl groups excluding tert-OH is 5. The SMILES string of the molecule is CCO.CN/C(C=NC1CCCCC1)=C(/N)c1nc(F)ccc1F.O=Cc1csc(-c2cnn(C3OC(CO)C(O)C(O)C3O)c2)n1. The lowest BCUT2D eigenvalue weighted by Crippen LogP contribution is -2.56. The number of hydrogen-bond donors (Lipinski definition) is 7. The van der Waals surface area contributed by atoms with Gasteiger partial charge in [-0.25, -0.2) is 19.0 Å². The fourth-order valence-electron chi connectivity index (χ4n) is 4.77. The van der Waals surface area contributed by atoms with Crippen molar-refractivity contribution in [3.63, 3.8) is 0 Å². The average molecular weight is 682 g/mol. The number of carbonyl (C=O) groups is 1. The van der Waals surface area contributed by atoms with Gasteiger partial charge in [-0.15, -0.1) is 11.3 Å². The van der Waals surface area contributed by atoms with E-state index >= 15 is 0 Å². The number of nitrogens with zero attached hydrogens (tertiary/aromatic N) is 5. The zero-order valence-electron chi connectivity index (χ0n) is 26.0. The highest BCUT2D eigenvalue weighted by atomic mass is 32.1. The van der Waals surface area contributed by atoms with Crippen LogP contribution in [0.3, 0.4) is 0 Å². The van der Waals surface area contributed by atoms with Gasteiger partial charge < -0.3 is 41.3 Å². The van der Waals surface area contributed by atoms with E-state index < -0.39 is 49.0 Å². The van der Waals surface area contributed by atoms with Gasteiger partial charge in [0, 0.05) is 37.0 Å². The van der Waals surface area contributed by atoms with Crippen LogP contribution in [0.15, 0.2) is 40.6 Å². The van der Waals surface area contributed by atoms with E-state index in [1.165, 1.54) is 41.5 Å². The summed E-state index contributed by atoms with van der Waals surface area (Å²) in [6, 6.07) is 2.25. The minimum atomic E-state index is -1.47. The average Bonchev–Trinajstić information content (AvgIpc) is 3.77. The van der Waals surface area contributed by atoms with E-state index in [-0.39, 0.29) is 24.0 Å². The number of allylic oxidation sites excluding steroid dienone is 1. The normalized spacial score (nSPS) is 23.6. The molecule has 17 heteroatoms. The van der Waals surface area contributed by atoms with E-state index in [1.54, 1.807) is 31.8 Å². The number of aliphatic imine (C=N–C) groups is 1. The largest absolute Gasteiger partial charge is 0.397 e. The standard InChI is InChI=1S/C15H20F2N4.C13H15N3O6S.C2H6O/c1-19-12(9-20-10-5-3-2-4-6-10)14(18)15-11(16)7-8-13(17)21-15;17-3-7-5-23-12(15-7)6-1-14-16(2-6)13-11(21)10(20)9(19)8(4-18)22-13;1-2-3/h7-10,19H,2-6,18H2,1H3;1-3,5,8-11,13,18-21H,4H2;3H,2H2,1H3/b14-12+,20-9?;;. The third-order valence-corrected chi connectivity index (χ3v) is 8.14. The summed E-state index contributed by atoms with van der Waals surface area (Å²) in [5.41, 5.74) is 7.11. The number of nitrogens with two attached hydrogens (primary N) is 1. The van der Waals surface area contributed by atoms with Crippen LogP contribution >= 0.6 is 11.3 Å². The Bertz CT molecular complexity index is 1480. The van der Waals surface area contributed by atoms with Crippen LogP contribution in [-0.4, -0.2) is 109 Å². The Kier molecular flexibility index (Phi) is 14.9. The Morgan fingerprint density at radius 2 is 1.85 bits per heavy atom. The van der Waals surface area contributed by atoms with Crippen LogP contribution in [0.4, 0.5) is 8.78 Å². The second-order valence-corrected chi connectivity index (χ2v) is 11.4. The van der Waals surface area contributed by atoms with Gasteiger partial charge in [-0.3, -0.25) is 9.79 Å². The molecule has 14 nitrogen and oxygen atoms in total. The molecule has 4 heterocycles. The van der Waals surface area contributed by atoms with E-state index in [1.807, 2.05) is 0 Å². The topological polar surface area (TPSA) is 221 Å². The van der Waals surface area contributed by atoms with Crippen molar-refractivity contribution in [2.45, 2.75) is 75.7 Å². The summed E-state index contributed by atoms with van der Waals surface area (Å²) in [5, 5.41) is 55.5. The lowest BCUT2D eigenvalue weighted by Gasteiger charge is -2.39. The van der Waals surface area contributed by atoms with E-state index in [0.717, 1.165) is 25.0 Å². The van der Waals surface area contributed by atoms with Crippen molar-refractivity contribution >= 4 is 29.5 Å². The Morgan fingerprint density at radius 3 is 2.47 bits per heavy atom. The third kappa shape index (κ3) is 10.1. The fourth-order valence-corrected chi connectivity index (χ4v) is 5.51. The first-order valence-corrected chi connectivity index (χ1v) is 15.9. The van der Waals surface area contributed by atoms with Crippen LogP contribution in [0.5, 0.6) is 0 Å². The number of aromatic nitrogens is 4. The Hall–Kier alpha value is -3.71. The zero-order chi connectivity index (χ0) is 34.5. The highest BCUT2D eigenvalue weighted by Crippen LogP contribution is 2.30. The van der Waals surface area contributed by atoms with Gasteiger partial charge in [0.2, 0.25) is 5.95 Å². The maximum atomic E-state index is 13.7. The molecule has 3 aromatic heterocycles. The van der Waals surface area contributed by atoms with E-state index in [9.17, 15) is 34.0 Å². The Balaban J connectivity index is 0.000000237. The Morgan fingerprint density at radius 1 is 1.15 bits per heavy atom. The van der Waals surface area contributed by atoms with E-state index in [4.69, 9.17) is 15.6 Å². The van der Waals surface area contributed by atoms with Gasteiger partial charge in [-0.1, -0.05) is 19.3 Å². The van der Waals surface area contributed by atoms with Gasteiger partial charge in [-0.05, 0) is 31.9 Å². The van der Waals surface area contributed by atoms with Crippen molar-refractivity contribution in [3.05, 3.63) is 58.8 Å². The molecule has 0 spiro atoms. The molecule has 1 saturated heterocycles. The molecule has 1 aliphatic heterocycles. The molecule has 1 aliphatic carbocycles. The highest BCUT2D eigenvalue weighted by Gasteiger charge is 2.44. The van der Waals surface area contributed by atoms with Gasteiger partial charge in [0.15, 0.2) is 18.3 Å². The molecule has 258 valence electrons. The summed E-state index contributed by atoms with van der Waals surface area (Å²) in [5.74, 6) is -1.43. The van der Waals surface area contributed by atoms with Gasteiger partial charge in [0.1, 0.15) is 40.8 Å². The number of nitrogens with one attached hydrogen (secondary N) is 1. The van der Waals surface area contributed by atoms with Gasteiger partial charge >= 0.3 is 0 Å². The molecular weight excluding hydrogens is 640 g/mol. The number of hydrogen-bond acceptors (Lipinski definition) is 14. The second-order valence-electron chi connectivity index (χ2n) is 10.6. The Labute approximate surface area is 274 Å². The molecule has 47 heavy (non-hydrogen) atoms. The first-order chi connectivity index (χ1) is 22.6. The predicted molar refractivity (Wildman–Crippen MR) is 170 cm³/mol. The number of carbonyl (C=O) groups excluding carboxylic acids is 1. The number of aldehydes is 1. The van der Waals surface area contributed by atoms with Gasteiger partial charge in [0.05, 0.1) is 30.2 Å². The highest BCUT2D eigenvalue weighted by molar-refractivity contribution is 7.13. The van der Waals surface area contributed by atoms with Crippen LogP contribution in [0.2, 0.25) is 0 Å². The third-order valence-electron chi connectivity index (χ3n) is 7.23. The summed E-state index contributed by atoms with van der Waals surface area (Å²) in [7, 11) is 1.66. The summed E-state index contributed by atoms with van der Waals surface area (Å²) >= 11 is 1.27. The number of halogens is 2. The molecule has 5 atom stereocenters. The monoisotopic (exact) mass is 681 g/mol. The number of ether oxygens (including phenoxy) is 1. The molecular formula is C30H41F2N7O7S. The smallest absolute Gasteiger partial charge is 0.213 e. The van der Waals surface area contributed by atoms with Crippen molar-refractivity contribution in [2.75, 3.05) is 20.3 Å². The first-order valence-electron chi connectivity index (χ1n) is 15.0. The molecule has 0 aromatic carbocycles. The van der Waals surface area contributed by atoms with E-state index in [2.05, 4.69) is 25.4 Å². The lowest BCUT2D eigenvalue weighted by molar-refractivity contribution is -0.253. The maximum Gasteiger partial charge on any atom is 0.213 e. The lowest BCUT2D eigenvalue weighted by atomic mass is 9.96. The molecule has 5 unspecified atom stereocenters. The van der Waals surface area contributed by atoms with Crippen molar-refractivity contribution in [1.29, 1.82) is 0 Å². The van der Waals surface area contributed by atoms with Crippen molar-refractivity contribution in [1.82, 2.24) is 25.1 Å². The van der Waals surface area contributed by atoms with Gasteiger partial charge in [0.25, 0.3) is 0 Å². The summed E-state index contributed by atoms with van der Waals surface area (Å²) in [6.45, 7) is 1.42. The number of rotatable bonds is 8. The summed E-state index contributed by atoms with van der Waals surface area (Å²) in [4.78, 5) is 22.8. The number of pyridine rings is 1. The molecule has 8 N–H and O–H groups in total. The second kappa shape index (κ2) is 18.6. The summed E-state index contributed by atoms with van der Waals surface area (Å²) < 4.78 is 33.5. The minimum absolute atomic E-state index is 0.0501. The fraction of sp³-hybridized carbons (Fsp3) is 0.500. The number of thiazole rings is 1. The molecule has 5 rings (SSSR count). The van der Waals surface area contributed by atoms with Crippen LogP contribution in [-0.2, 0) is 4.74 Å². The van der Waals surface area contributed by atoms with Crippen molar-refractivity contribution in [2.24, 2.45) is 10.7 Å². The first kappa shape index (κ1) is 37.7. The van der Waals surface area contributed by atoms with E-state index in [0.29, 0.717) is 28.2 Å². The predicted octanol–water partition coefficient (Wildman–Crippen LogP) is 1.40. The van der Waals surface area contributed by atoms with Crippen LogP contribution in [0.25, 0.3) is 16.3 Å². The van der Waals surface area contributed by atoms with Crippen LogP contribution in [0.1, 0.15) is 61.4 Å². The molecule has 0 bridgehead atoms. The summed E-state index contributed by atoms with van der Waals surface area (Å²) in [6.07, 6.45) is 4.59. The molecule has 3 aromatic rings. The maximum absolute atomic E-state index is 13.7. The molecule has 2 aliphatic rings. The van der Waals surface area contributed by atoms with Crippen molar-refractivity contribution in [3.8, 4) is 10.6 Å².